The zero-order valence-corrected chi connectivity index (χ0v) is 14.8. The molecule has 0 aliphatic carbocycles. The molecule has 0 radical (unpaired) electrons. The first-order valence-electron chi connectivity index (χ1n) is 8.95. The van der Waals surface area contributed by atoms with Crippen LogP contribution < -0.4 is 0 Å². The van der Waals surface area contributed by atoms with Gasteiger partial charge in [0.1, 0.15) is 0 Å². The van der Waals surface area contributed by atoms with Crippen molar-refractivity contribution in [1.29, 1.82) is 0 Å². The van der Waals surface area contributed by atoms with Crippen LogP contribution in [-0.2, 0) is 16.1 Å². The fourth-order valence-corrected chi connectivity index (χ4v) is 2.82. The minimum absolute atomic E-state index is 0.0404. The predicted molar refractivity (Wildman–Crippen MR) is 98.0 cm³/mol. The number of carbonyl (C=O) groups excluding carboxylic acids is 1. The van der Waals surface area contributed by atoms with Gasteiger partial charge in [0.2, 0.25) is 0 Å². The number of esters is 1. The zero-order chi connectivity index (χ0) is 17.4. The third-order valence-electron chi connectivity index (χ3n) is 4.46. The van der Waals surface area contributed by atoms with Gasteiger partial charge in [-0.15, -0.1) is 0 Å². The monoisotopic (exact) mass is 328 g/mol. The lowest BCUT2D eigenvalue weighted by atomic mass is 9.97. The molecular weight excluding hydrogens is 300 g/mol. The van der Waals surface area contributed by atoms with Gasteiger partial charge in [0.05, 0.1) is 19.1 Å². The van der Waals surface area contributed by atoms with Gasteiger partial charge in [-0.2, -0.15) is 0 Å². The quantitative estimate of drug-likeness (QED) is 0.523. The van der Waals surface area contributed by atoms with Gasteiger partial charge in [-0.25, -0.2) is 0 Å². The van der Waals surface area contributed by atoms with Crippen LogP contribution in [0.5, 0.6) is 0 Å². The molecule has 130 valence electrons. The number of benzene rings is 2. The van der Waals surface area contributed by atoms with Crippen molar-refractivity contribution in [1.82, 2.24) is 0 Å². The summed E-state index contributed by atoms with van der Waals surface area (Å²) in [5.74, 6) is -0.417. The average molecular weight is 328 g/mol. The third kappa shape index (κ3) is 5.07. The van der Waals surface area contributed by atoms with E-state index in [-0.39, 0.29) is 18.5 Å². The number of unbranched alkanes of at least 4 members (excludes halogenated alkanes) is 4. The number of rotatable bonds is 9. The summed E-state index contributed by atoms with van der Waals surface area (Å²) >= 11 is 0. The van der Waals surface area contributed by atoms with Crippen molar-refractivity contribution >= 4 is 16.7 Å². The zero-order valence-electron chi connectivity index (χ0n) is 14.8. The lowest BCUT2D eigenvalue weighted by molar-refractivity contribution is -0.145. The summed E-state index contributed by atoms with van der Waals surface area (Å²) < 4.78 is 5.42. The fourth-order valence-electron chi connectivity index (χ4n) is 2.82. The molecule has 2 aromatic carbocycles. The van der Waals surface area contributed by atoms with Crippen LogP contribution >= 0.6 is 0 Å². The highest BCUT2D eigenvalue weighted by molar-refractivity contribution is 5.86. The second-order valence-electron chi connectivity index (χ2n) is 6.40. The average Bonchev–Trinajstić information content (AvgIpc) is 2.62. The smallest absolute Gasteiger partial charge is 0.313 e. The first-order chi connectivity index (χ1) is 11.7. The molecule has 0 heterocycles. The Bertz CT molecular complexity index is 663. The molecule has 0 saturated carbocycles. The summed E-state index contributed by atoms with van der Waals surface area (Å²) in [4.78, 5) is 12.2. The van der Waals surface area contributed by atoms with Crippen LogP contribution in [0, 0.1) is 0 Å². The molecule has 24 heavy (non-hydrogen) atoms. The highest BCUT2D eigenvalue weighted by Gasteiger charge is 2.17. The number of carbonyl (C=O) groups is 1. The number of aliphatic hydroxyl groups excluding tert-OH is 1. The minimum Gasteiger partial charge on any atom is -0.465 e. The Hall–Kier alpha value is -1.87. The normalized spacial score (nSPS) is 12.3. The van der Waals surface area contributed by atoms with E-state index in [9.17, 15) is 9.90 Å². The van der Waals surface area contributed by atoms with E-state index in [1.165, 1.54) is 19.3 Å². The topological polar surface area (TPSA) is 46.5 Å². The molecule has 0 spiro atoms. The molecule has 3 nitrogen and oxygen atoms in total. The number of aliphatic hydroxyl groups is 1. The molecule has 0 saturated heterocycles. The molecule has 0 aliphatic heterocycles. The Labute approximate surface area is 144 Å². The van der Waals surface area contributed by atoms with Crippen LogP contribution in [0.15, 0.2) is 36.4 Å². The van der Waals surface area contributed by atoms with Gasteiger partial charge < -0.3 is 9.84 Å². The Kier molecular flexibility index (Phi) is 7.26. The Morgan fingerprint density at radius 1 is 1.04 bits per heavy atom. The molecule has 0 aliphatic rings. The van der Waals surface area contributed by atoms with Crippen LogP contribution in [0.4, 0.5) is 0 Å². The maximum atomic E-state index is 12.2. The number of hydrogen-bond donors (Lipinski definition) is 1. The molecule has 2 aromatic rings. The van der Waals surface area contributed by atoms with Gasteiger partial charge in [0, 0.05) is 0 Å². The fraction of sp³-hybridized carbons (Fsp3) is 0.476. The van der Waals surface area contributed by atoms with Crippen LogP contribution in [0.3, 0.4) is 0 Å². The molecule has 0 fully saturated rings. The third-order valence-corrected chi connectivity index (χ3v) is 4.46. The lowest BCUT2D eigenvalue weighted by Crippen LogP contribution is -2.14. The number of ether oxygens (including phenoxy) is 1. The summed E-state index contributed by atoms with van der Waals surface area (Å²) in [6, 6.07) is 11.9. The van der Waals surface area contributed by atoms with Crippen molar-refractivity contribution < 1.29 is 14.6 Å². The SMILES string of the molecule is CCCCCCCOC(=O)[C@@H](C)c1ccc2cc(CO)ccc2c1. The highest BCUT2D eigenvalue weighted by atomic mass is 16.5. The molecule has 3 heteroatoms. The van der Waals surface area contributed by atoms with E-state index in [0.29, 0.717) is 6.61 Å². The Morgan fingerprint density at radius 2 is 1.75 bits per heavy atom. The van der Waals surface area contributed by atoms with Gasteiger partial charge >= 0.3 is 5.97 Å². The summed E-state index contributed by atoms with van der Waals surface area (Å²) in [5.41, 5.74) is 1.86. The molecule has 1 atom stereocenters. The summed E-state index contributed by atoms with van der Waals surface area (Å²) in [6.07, 6.45) is 5.75. The number of hydrogen-bond acceptors (Lipinski definition) is 3. The first kappa shape index (κ1) is 18.5. The summed E-state index contributed by atoms with van der Waals surface area (Å²) in [7, 11) is 0. The maximum Gasteiger partial charge on any atom is 0.313 e. The minimum atomic E-state index is -0.262. The standard InChI is InChI=1S/C21H28O3/c1-3-4-5-6-7-12-24-21(23)16(2)18-10-11-19-13-17(15-22)8-9-20(19)14-18/h8-11,13-14,16,22H,3-7,12,15H2,1-2H3/t16-/m0/s1. The van der Waals surface area contributed by atoms with E-state index in [1.54, 1.807) is 0 Å². The second-order valence-corrected chi connectivity index (χ2v) is 6.40. The maximum absolute atomic E-state index is 12.2. The molecule has 0 unspecified atom stereocenters. The van der Waals surface area contributed by atoms with Crippen LogP contribution in [-0.4, -0.2) is 17.7 Å². The van der Waals surface area contributed by atoms with Crippen molar-refractivity contribution in [3.63, 3.8) is 0 Å². The second kappa shape index (κ2) is 9.43. The Balaban J connectivity index is 1.92. The molecule has 2 rings (SSSR count). The van der Waals surface area contributed by atoms with Gasteiger partial charge in [-0.3, -0.25) is 4.79 Å². The van der Waals surface area contributed by atoms with E-state index >= 15 is 0 Å². The van der Waals surface area contributed by atoms with E-state index in [1.807, 2.05) is 43.3 Å². The first-order valence-corrected chi connectivity index (χ1v) is 8.95. The van der Waals surface area contributed by atoms with Gasteiger partial charge in [0.25, 0.3) is 0 Å². The largest absolute Gasteiger partial charge is 0.465 e. The molecule has 0 amide bonds. The van der Waals surface area contributed by atoms with E-state index in [0.717, 1.165) is 34.7 Å². The van der Waals surface area contributed by atoms with Crippen LogP contribution in [0.2, 0.25) is 0 Å². The van der Waals surface area contributed by atoms with Crippen molar-refractivity contribution in [2.24, 2.45) is 0 Å². The van der Waals surface area contributed by atoms with E-state index in [4.69, 9.17) is 4.74 Å². The number of fused-ring (bicyclic) bond motifs is 1. The highest BCUT2D eigenvalue weighted by Crippen LogP contribution is 2.24. The van der Waals surface area contributed by atoms with Crippen molar-refractivity contribution in [2.45, 2.75) is 58.5 Å². The van der Waals surface area contributed by atoms with Crippen molar-refractivity contribution in [2.75, 3.05) is 6.61 Å². The predicted octanol–water partition coefficient (Wildman–Crippen LogP) is 4.95. The van der Waals surface area contributed by atoms with Crippen molar-refractivity contribution in [3.05, 3.63) is 47.5 Å². The lowest BCUT2D eigenvalue weighted by Gasteiger charge is -2.13. The molecular formula is C21H28O3. The van der Waals surface area contributed by atoms with E-state index < -0.39 is 0 Å². The van der Waals surface area contributed by atoms with Crippen LogP contribution in [0.1, 0.15) is 63.0 Å². The van der Waals surface area contributed by atoms with Crippen LogP contribution in [0.25, 0.3) is 10.8 Å². The van der Waals surface area contributed by atoms with Gasteiger partial charge in [-0.05, 0) is 41.3 Å². The van der Waals surface area contributed by atoms with Crippen molar-refractivity contribution in [3.8, 4) is 0 Å². The van der Waals surface area contributed by atoms with E-state index in [2.05, 4.69) is 6.92 Å². The molecule has 0 bridgehead atoms. The molecule has 1 N–H and O–H groups in total. The summed E-state index contributed by atoms with van der Waals surface area (Å²) in [6.45, 7) is 4.64. The molecule has 0 aromatic heterocycles. The van der Waals surface area contributed by atoms with Gasteiger partial charge in [-0.1, -0.05) is 62.9 Å². The Morgan fingerprint density at radius 3 is 2.50 bits per heavy atom. The summed E-state index contributed by atoms with van der Waals surface area (Å²) in [5, 5.41) is 11.3. The van der Waals surface area contributed by atoms with Gasteiger partial charge in [0.15, 0.2) is 0 Å².